The van der Waals surface area contributed by atoms with Crippen LogP contribution in [0.5, 0.6) is 0 Å². The maximum absolute atomic E-state index is 4.55. The van der Waals surface area contributed by atoms with Gasteiger partial charge in [0.1, 0.15) is 5.82 Å². The molecular weight excluding hydrogens is 272 g/mol. The molecule has 22 heavy (non-hydrogen) atoms. The van der Waals surface area contributed by atoms with Crippen molar-refractivity contribution in [2.75, 3.05) is 25.2 Å². The van der Waals surface area contributed by atoms with Gasteiger partial charge in [-0.05, 0) is 45.2 Å². The molecule has 1 aliphatic heterocycles. The van der Waals surface area contributed by atoms with Gasteiger partial charge in [0.15, 0.2) is 0 Å². The molecule has 0 spiro atoms. The summed E-state index contributed by atoms with van der Waals surface area (Å²) in [5.74, 6) is 7.22. The van der Waals surface area contributed by atoms with E-state index in [0.29, 0.717) is 0 Å². The molecule has 0 atom stereocenters. The molecule has 0 N–H and O–H groups in total. The molecule has 0 radical (unpaired) electrons. The van der Waals surface area contributed by atoms with Crippen LogP contribution in [0.25, 0.3) is 0 Å². The van der Waals surface area contributed by atoms with Crippen LogP contribution >= 0.6 is 0 Å². The van der Waals surface area contributed by atoms with Crippen LogP contribution in [0.3, 0.4) is 0 Å². The summed E-state index contributed by atoms with van der Waals surface area (Å²) >= 11 is 0. The molecule has 0 unspecified atom stereocenters. The quantitative estimate of drug-likeness (QED) is 0.755. The summed E-state index contributed by atoms with van der Waals surface area (Å²) < 4.78 is 0. The predicted octanol–water partition coefficient (Wildman–Crippen LogP) is 2.36. The Hall–Kier alpha value is -2.38. The molecule has 1 aliphatic rings. The highest BCUT2D eigenvalue weighted by atomic mass is 15.4. The normalized spacial score (nSPS) is 17.1. The number of nitrogens with zero attached hydrogens (tertiary/aromatic N) is 4. The molecule has 4 nitrogen and oxygen atoms in total. The summed E-state index contributed by atoms with van der Waals surface area (Å²) in [7, 11) is 2.15. The lowest BCUT2D eigenvalue weighted by molar-refractivity contribution is 0.229. The lowest BCUT2D eigenvalue weighted by atomic mass is 10.1. The van der Waals surface area contributed by atoms with E-state index in [1.165, 1.54) is 0 Å². The molecular formula is C18H20N4. The minimum Gasteiger partial charge on any atom is -0.342 e. The maximum Gasteiger partial charge on any atom is 0.129 e. The summed E-state index contributed by atoms with van der Waals surface area (Å²) in [5, 5.41) is 0. The van der Waals surface area contributed by atoms with Gasteiger partial charge >= 0.3 is 0 Å². The summed E-state index contributed by atoms with van der Waals surface area (Å²) in [6, 6.07) is 7.90. The number of likely N-dealkylation sites (N-methyl/N-ethyl adjacent to an activating group) is 1. The predicted molar refractivity (Wildman–Crippen MR) is 88.5 cm³/mol. The van der Waals surface area contributed by atoms with Crippen LogP contribution in [-0.2, 0) is 0 Å². The van der Waals surface area contributed by atoms with Crippen molar-refractivity contribution in [3.05, 3.63) is 54.0 Å². The van der Waals surface area contributed by atoms with Crippen LogP contribution in [0, 0.1) is 11.8 Å². The lowest BCUT2D eigenvalue weighted by Crippen LogP contribution is -2.36. The SMILES string of the molecule is CN1CN(c2ccc(C#Cc3cccnc3)cn2)CC1(C)C. The van der Waals surface area contributed by atoms with Gasteiger partial charge in [-0.25, -0.2) is 4.98 Å². The van der Waals surface area contributed by atoms with E-state index in [9.17, 15) is 0 Å². The summed E-state index contributed by atoms with van der Waals surface area (Å²) in [6.07, 6.45) is 5.34. The second-order valence-electron chi connectivity index (χ2n) is 6.25. The van der Waals surface area contributed by atoms with Gasteiger partial charge in [-0.15, -0.1) is 0 Å². The Kier molecular flexibility index (Phi) is 3.82. The number of hydrogen-bond donors (Lipinski definition) is 0. The van der Waals surface area contributed by atoms with Crippen molar-refractivity contribution < 1.29 is 0 Å². The first-order chi connectivity index (χ1) is 10.5. The van der Waals surface area contributed by atoms with E-state index in [2.05, 4.69) is 52.5 Å². The number of hydrogen-bond acceptors (Lipinski definition) is 4. The van der Waals surface area contributed by atoms with Crippen molar-refractivity contribution in [3.63, 3.8) is 0 Å². The van der Waals surface area contributed by atoms with E-state index in [-0.39, 0.29) is 5.54 Å². The Balaban J connectivity index is 1.73. The molecule has 4 heteroatoms. The standard InChI is InChI=1S/C18H20N4/c1-18(2)13-22(14-21(18)3)17-9-8-16(12-20-17)7-6-15-5-4-10-19-11-15/h4-5,8-12H,13-14H2,1-3H3. The molecule has 112 valence electrons. The maximum atomic E-state index is 4.55. The molecule has 1 saturated heterocycles. The van der Waals surface area contributed by atoms with E-state index in [0.717, 1.165) is 30.2 Å². The van der Waals surface area contributed by atoms with Crippen LogP contribution in [0.15, 0.2) is 42.9 Å². The van der Waals surface area contributed by atoms with Gasteiger partial charge in [0.2, 0.25) is 0 Å². The molecule has 0 aliphatic carbocycles. The fourth-order valence-electron chi connectivity index (χ4n) is 2.47. The van der Waals surface area contributed by atoms with Crippen LogP contribution in [0.1, 0.15) is 25.0 Å². The molecule has 1 fully saturated rings. The van der Waals surface area contributed by atoms with Crippen molar-refractivity contribution in [2.45, 2.75) is 19.4 Å². The third kappa shape index (κ3) is 3.10. The van der Waals surface area contributed by atoms with Gasteiger partial charge < -0.3 is 4.90 Å². The second-order valence-corrected chi connectivity index (χ2v) is 6.25. The van der Waals surface area contributed by atoms with E-state index in [4.69, 9.17) is 0 Å². The van der Waals surface area contributed by atoms with Crippen molar-refractivity contribution in [2.24, 2.45) is 0 Å². The van der Waals surface area contributed by atoms with Gasteiger partial charge in [-0.3, -0.25) is 9.88 Å². The van der Waals surface area contributed by atoms with Gasteiger partial charge in [-0.1, -0.05) is 11.8 Å². The summed E-state index contributed by atoms with van der Waals surface area (Å²) in [6.45, 7) is 6.39. The van der Waals surface area contributed by atoms with Crippen LogP contribution in [0.2, 0.25) is 0 Å². The zero-order valence-electron chi connectivity index (χ0n) is 13.2. The van der Waals surface area contributed by atoms with Gasteiger partial charge in [0.05, 0.1) is 6.67 Å². The minimum absolute atomic E-state index is 0.181. The highest BCUT2D eigenvalue weighted by molar-refractivity contribution is 5.46. The van der Waals surface area contributed by atoms with Gasteiger partial charge in [0.25, 0.3) is 0 Å². The summed E-state index contributed by atoms with van der Waals surface area (Å²) in [4.78, 5) is 13.2. The Morgan fingerprint density at radius 1 is 1.09 bits per heavy atom. The Morgan fingerprint density at radius 2 is 1.86 bits per heavy atom. The third-order valence-electron chi connectivity index (χ3n) is 4.08. The molecule has 3 heterocycles. The number of rotatable bonds is 1. The van der Waals surface area contributed by atoms with E-state index in [1.54, 1.807) is 12.4 Å². The molecule has 2 aromatic rings. The molecule has 0 aromatic carbocycles. The third-order valence-corrected chi connectivity index (χ3v) is 4.08. The topological polar surface area (TPSA) is 32.3 Å². The van der Waals surface area contributed by atoms with Crippen molar-refractivity contribution in [1.29, 1.82) is 0 Å². The fourth-order valence-corrected chi connectivity index (χ4v) is 2.47. The smallest absolute Gasteiger partial charge is 0.129 e. The molecule has 0 saturated carbocycles. The molecule has 2 aromatic heterocycles. The lowest BCUT2D eigenvalue weighted by Gasteiger charge is -2.24. The first kappa shape index (κ1) is 14.6. The molecule has 0 bridgehead atoms. The number of anilines is 1. The monoisotopic (exact) mass is 292 g/mol. The molecule has 3 rings (SSSR count). The Morgan fingerprint density at radius 3 is 2.41 bits per heavy atom. The zero-order chi connectivity index (χ0) is 15.6. The van der Waals surface area contributed by atoms with E-state index in [1.807, 2.05) is 30.5 Å². The largest absolute Gasteiger partial charge is 0.342 e. The number of pyridine rings is 2. The zero-order valence-corrected chi connectivity index (χ0v) is 13.2. The summed E-state index contributed by atoms with van der Waals surface area (Å²) in [5.41, 5.74) is 2.01. The van der Waals surface area contributed by atoms with E-state index >= 15 is 0 Å². The van der Waals surface area contributed by atoms with Crippen LogP contribution in [-0.4, -0.2) is 40.7 Å². The second kappa shape index (κ2) is 5.78. The van der Waals surface area contributed by atoms with Crippen LogP contribution in [0.4, 0.5) is 5.82 Å². The van der Waals surface area contributed by atoms with E-state index < -0.39 is 0 Å². The average Bonchev–Trinajstić information content (AvgIpc) is 2.80. The number of aromatic nitrogens is 2. The van der Waals surface area contributed by atoms with Crippen molar-refractivity contribution >= 4 is 5.82 Å². The van der Waals surface area contributed by atoms with Gasteiger partial charge in [-0.2, -0.15) is 0 Å². The first-order valence-corrected chi connectivity index (χ1v) is 7.39. The average molecular weight is 292 g/mol. The minimum atomic E-state index is 0.181. The Labute approximate surface area is 131 Å². The highest BCUT2D eigenvalue weighted by Crippen LogP contribution is 2.25. The first-order valence-electron chi connectivity index (χ1n) is 7.39. The van der Waals surface area contributed by atoms with Crippen LogP contribution < -0.4 is 4.90 Å². The fraction of sp³-hybridized carbons (Fsp3) is 0.333. The highest BCUT2D eigenvalue weighted by Gasteiger charge is 2.34. The van der Waals surface area contributed by atoms with Crippen molar-refractivity contribution in [3.8, 4) is 11.8 Å². The Bertz CT molecular complexity index is 695. The molecule has 0 amide bonds. The van der Waals surface area contributed by atoms with Gasteiger partial charge in [0, 0.05) is 41.8 Å². The van der Waals surface area contributed by atoms with Crippen molar-refractivity contribution in [1.82, 2.24) is 14.9 Å².